The maximum Gasteiger partial charge on any atom is 0.165 e. The van der Waals surface area contributed by atoms with Gasteiger partial charge < -0.3 is 10.6 Å². The number of anilines is 2. The third-order valence-electron chi connectivity index (χ3n) is 7.80. The molecule has 6 aromatic rings. The van der Waals surface area contributed by atoms with Crippen molar-refractivity contribution in [3.63, 3.8) is 0 Å². The van der Waals surface area contributed by atoms with Gasteiger partial charge in [0.05, 0.1) is 11.3 Å². The Morgan fingerprint density at radius 1 is 0.841 bits per heavy atom. The molecular formula is C33H27FN10. The first kappa shape index (κ1) is 27.1. The van der Waals surface area contributed by atoms with E-state index in [1.165, 1.54) is 18.0 Å². The lowest BCUT2D eigenvalue weighted by Crippen LogP contribution is -2.46. The van der Waals surface area contributed by atoms with E-state index in [9.17, 15) is 4.39 Å². The fourth-order valence-electron chi connectivity index (χ4n) is 5.53. The molecule has 1 fully saturated rings. The van der Waals surface area contributed by atoms with Gasteiger partial charge in [-0.25, -0.2) is 29.3 Å². The molecule has 11 heteroatoms. The maximum atomic E-state index is 14.7. The van der Waals surface area contributed by atoms with Gasteiger partial charge in [-0.05, 0) is 54.1 Å². The van der Waals surface area contributed by atoms with Crippen molar-refractivity contribution in [1.29, 1.82) is 5.26 Å². The lowest BCUT2D eigenvalue weighted by molar-refractivity contribution is 0.249. The minimum atomic E-state index is -0.337. The topological polar surface area (TPSA) is 126 Å². The van der Waals surface area contributed by atoms with Crippen molar-refractivity contribution >= 4 is 22.8 Å². The van der Waals surface area contributed by atoms with Crippen LogP contribution in [-0.4, -0.2) is 60.6 Å². The molecular weight excluding hydrogens is 555 g/mol. The molecule has 0 bridgehead atoms. The van der Waals surface area contributed by atoms with Crippen LogP contribution in [0.25, 0.3) is 39.5 Å². The average Bonchev–Trinajstić information content (AvgIpc) is 3.44. The summed E-state index contributed by atoms with van der Waals surface area (Å²) in [6.45, 7) is 4.16. The number of aromatic nitrogens is 6. The van der Waals surface area contributed by atoms with E-state index in [4.69, 9.17) is 21.0 Å². The van der Waals surface area contributed by atoms with Gasteiger partial charge in [-0.3, -0.25) is 9.47 Å². The standard InChI is InChI=1S/C33H27FN10/c34-27-6-2-1-4-25(27)28-11-12-29-33(40-28)44(32(41-29)26-5-3-13-37-31(26)36)24-9-7-22(8-10-24)20-42-14-16-43(17-15-42)30-18-23(19-35)38-21-39-30/h1-13,18,21H,14-17,20H2,(H2,36,37). The van der Waals surface area contributed by atoms with Crippen molar-refractivity contribution in [2.75, 3.05) is 36.8 Å². The Balaban J connectivity index is 1.18. The smallest absolute Gasteiger partial charge is 0.165 e. The number of pyridine rings is 2. The van der Waals surface area contributed by atoms with Crippen LogP contribution >= 0.6 is 0 Å². The zero-order valence-electron chi connectivity index (χ0n) is 23.7. The highest BCUT2D eigenvalue weighted by molar-refractivity contribution is 5.84. The zero-order chi connectivity index (χ0) is 30.0. The number of piperazine rings is 1. The normalized spacial score (nSPS) is 13.7. The van der Waals surface area contributed by atoms with Gasteiger partial charge in [0.2, 0.25) is 0 Å². The number of benzene rings is 2. The molecule has 0 spiro atoms. The van der Waals surface area contributed by atoms with Crippen LogP contribution in [0, 0.1) is 17.1 Å². The molecule has 216 valence electrons. The minimum absolute atomic E-state index is 0.337. The summed E-state index contributed by atoms with van der Waals surface area (Å²) < 4.78 is 16.6. The number of nitrogens with two attached hydrogens (primary N) is 1. The van der Waals surface area contributed by atoms with Gasteiger partial charge in [-0.15, -0.1) is 0 Å². The fraction of sp³-hybridized carbons (Fsp3) is 0.152. The molecule has 7 rings (SSSR count). The molecule has 5 heterocycles. The summed E-state index contributed by atoms with van der Waals surface area (Å²) in [6.07, 6.45) is 3.09. The van der Waals surface area contributed by atoms with E-state index in [0.717, 1.165) is 44.2 Å². The summed E-state index contributed by atoms with van der Waals surface area (Å²) >= 11 is 0. The average molecular weight is 583 g/mol. The van der Waals surface area contributed by atoms with Crippen LogP contribution in [0.5, 0.6) is 0 Å². The van der Waals surface area contributed by atoms with Gasteiger partial charge in [0, 0.05) is 56.2 Å². The second-order valence-corrected chi connectivity index (χ2v) is 10.5. The van der Waals surface area contributed by atoms with Gasteiger partial charge in [0.25, 0.3) is 0 Å². The highest BCUT2D eigenvalue weighted by atomic mass is 19.1. The number of fused-ring (bicyclic) bond motifs is 1. The second kappa shape index (κ2) is 11.5. The molecule has 0 aliphatic carbocycles. The predicted octanol–water partition coefficient (Wildman–Crippen LogP) is 4.85. The maximum absolute atomic E-state index is 14.7. The number of imidazole rings is 1. The Morgan fingerprint density at radius 2 is 1.64 bits per heavy atom. The van der Waals surface area contributed by atoms with E-state index in [0.29, 0.717) is 45.3 Å². The lowest BCUT2D eigenvalue weighted by Gasteiger charge is -2.35. The third-order valence-corrected chi connectivity index (χ3v) is 7.80. The Labute approximate surface area is 252 Å². The van der Waals surface area contributed by atoms with Crippen LogP contribution in [0.4, 0.5) is 16.0 Å². The molecule has 0 radical (unpaired) electrons. The zero-order valence-corrected chi connectivity index (χ0v) is 23.7. The van der Waals surface area contributed by atoms with E-state index in [-0.39, 0.29) is 5.82 Å². The summed E-state index contributed by atoms with van der Waals surface area (Å²) in [5.74, 6) is 1.41. The molecule has 0 amide bonds. The Kier molecular flexibility index (Phi) is 7.09. The van der Waals surface area contributed by atoms with Crippen LogP contribution in [0.1, 0.15) is 11.3 Å². The lowest BCUT2D eigenvalue weighted by atomic mass is 10.1. The number of nitrogen functional groups attached to an aromatic ring is 1. The van der Waals surface area contributed by atoms with E-state index in [2.05, 4.69) is 43.0 Å². The molecule has 2 N–H and O–H groups in total. The van der Waals surface area contributed by atoms with Crippen molar-refractivity contribution in [3.05, 3.63) is 108 Å². The summed E-state index contributed by atoms with van der Waals surface area (Å²) in [4.78, 5) is 26.9. The van der Waals surface area contributed by atoms with Crippen molar-refractivity contribution in [3.8, 4) is 34.4 Å². The van der Waals surface area contributed by atoms with Crippen molar-refractivity contribution in [2.45, 2.75) is 6.54 Å². The number of halogens is 1. The number of nitriles is 1. The molecule has 1 saturated heterocycles. The van der Waals surface area contributed by atoms with Crippen LogP contribution in [0.15, 0.2) is 91.4 Å². The van der Waals surface area contributed by atoms with Gasteiger partial charge >= 0.3 is 0 Å². The highest BCUT2D eigenvalue weighted by Crippen LogP contribution is 2.32. The number of rotatable bonds is 6. The van der Waals surface area contributed by atoms with Gasteiger partial charge in [-0.2, -0.15) is 5.26 Å². The molecule has 0 saturated carbocycles. The molecule has 4 aromatic heterocycles. The summed E-state index contributed by atoms with van der Waals surface area (Å²) in [6, 6.07) is 26.1. The number of nitrogens with zero attached hydrogens (tertiary/aromatic N) is 9. The number of hydrogen-bond acceptors (Lipinski definition) is 9. The largest absolute Gasteiger partial charge is 0.383 e. The first-order valence-electron chi connectivity index (χ1n) is 14.2. The van der Waals surface area contributed by atoms with Crippen LogP contribution in [0.3, 0.4) is 0 Å². The Morgan fingerprint density at radius 3 is 2.41 bits per heavy atom. The predicted molar refractivity (Wildman–Crippen MR) is 166 cm³/mol. The van der Waals surface area contributed by atoms with Gasteiger partial charge in [-0.1, -0.05) is 24.3 Å². The Bertz CT molecular complexity index is 2010. The molecule has 10 nitrogen and oxygen atoms in total. The third kappa shape index (κ3) is 5.19. The van der Waals surface area contributed by atoms with Crippen LogP contribution in [0.2, 0.25) is 0 Å². The second-order valence-electron chi connectivity index (χ2n) is 10.5. The molecule has 1 aliphatic heterocycles. The SMILES string of the molecule is N#Cc1cc(N2CCN(Cc3ccc(-n4c(-c5cccnc5N)nc5ccc(-c6ccccc6F)nc54)cc3)CC2)ncn1. The molecule has 1 aliphatic rings. The quantitative estimate of drug-likeness (QED) is 0.293. The van der Waals surface area contributed by atoms with E-state index < -0.39 is 0 Å². The molecule has 2 aromatic carbocycles. The minimum Gasteiger partial charge on any atom is -0.383 e. The fourth-order valence-corrected chi connectivity index (χ4v) is 5.53. The van der Waals surface area contributed by atoms with E-state index in [1.807, 2.05) is 34.9 Å². The Hall–Kier alpha value is -5.73. The first-order valence-corrected chi connectivity index (χ1v) is 14.2. The van der Waals surface area contributed by atoms with Crippen molar-refractivity contribution in [2.24, 2.45) is 0 Å². The monoisotopic (exact) mass is 582 g/mol. The van der Waals surface area contributed by atoms with E-state index >= 15 is 0 Å². The summed E-state index contributed by atoms with van der Waals surface area (Å²) in [7, 11) is 0. The van der Waals surface area contributed by atoms with Crippen molar-refractivity contribution < 1.29 is 4.39 Å². The molecule has 44 heavy (non-hydrogen) atoms. The first-order chi connectivity index (χ1) is 21.6. The van der Waals surface area contributed by atoms with Gasteiger partial charge in [0.1, 0.15) is 41.1 Å². The van der Waals surface area contributed by atoms with Crippen LogP contribution < -0.4 is 10.6 Å². The summed E-state index contributed by atoms with van der Waals surface area (Å²) in [5.41, 5.74) is 11.6. The van der Waals surface area contributed by atoms with E-state index in [1.54, 1.807) is 36.5 Å². The van der Waals surface area contributed by atoms with Gasteiger partial charge in [0.15, 0.2) is 11.5 Å². The highest BCUT2D eigenvalue weighted by Gasteiger charge is 2.21. The van der Waals surface area contributed by atoms with Crippen molar-refractivity contribution in [1.82, 2.24) is 34.4 Å². The number of hydrogen-bond donors (Lipinski definition) is 1. The summed E-state index contributed by atoms with van der Waals surface area (Å²) in [5, 5.41) is 9.16. The van der Waals surface area contributed by atoms with Crippen LogP contribution in [-0.2, 0) is 6.54 Å². The molecule has 0 unspecified atom stereocenters. The molecule has 0 atom stereocenters.